The molecular formula is C21H41N5O10. The van der Waals surface area contributed by atoms with Crippen molar-refractivity contribution < 1.29 is 49.2 Å². The Kier molecular flexibility index (Phi) is 9.19. The quantitative estimate of drug-likeness (QED) is 0.155. The molecule has 210 valence electrons. The fraction of sp³-hybridized carbons (Fsp3) is 1.00. The smallest absolute Gasteiger partial charge is 0.189 e. The maximum Gasteiger partial charge on any atom is 0.189 e. The van der Waals surface area contributed by atoms with E-state index in [9.17, 15) is 25.5 Å². The Bertz CT molecular complexity index is 727. The van der Waals surface area contributed by atoms with E-state index < -0.39 is 105 Å². The van der Waals surface area contributed by atoms with Crippen molar-refractivity contribution in [3.63, 3.8) is 0 Å². The minimum absolute atomic E-state index is 0.271. The number of aliphatic hydroxyl groups is 5. The van der Waals surface area contributed by atoms with Crippen LogP contribution in [0.25, 0.3) is 0 Å². The summed E-state index contributed by atoms with van der Waals surface area (Å²) in [4.78, 5) is 0. The summed E-state index contributed by atoms with van der Waals surface area (Å²) in [5, 5.41) is 53.8. The van der Waals surface area contributed by atoms with Gasteiger partial charge < -0.3 is 77.5 Å². The first-order chi connectivity index (χ1) is 17.0. The number of nitrogens with one attached hydrogen (secondary N) is 1. The summed E-state index contributed by atoms with van der Waals surface area (Å²) in [5.74, 6) is 0. The third-order valence-electron chi connectivity index (χ3n) is 7.66. The molecule has 14 N–H and O–H groups in total. The van der Waals surface area contributed by atoms with E-state index in [-0.39, 0.29) is 6.42 Å². The number of likely N-dealkylation sites (N-methyl/N-ethyl adjacent to an activating group) is 1. The van der Waals surface area contributed by atoms with Gasteiger partial charge in [0.2, 0.25) is 0 Å². The number of rotatable bonds is 6. The average Bonchev–Trinajstić information content (AvgIpc) is 2.85. The molecule has 10 unspecified atom stereocenters. The molecule has 3 aliphatic heterocycles. The molecule has 4 aliphatic rings. The van der Waals surface area contributed by atoms with Crippen LogP contribution in [-0.4, -0.2) is 137 Å². The molecule has 0 amide bonds. The predicted molar refractivity (Wildman–Crippen MR) is 122 cm³/mol. The standard InChI is InChI=1S/C21H41N5O10/c1-26-9-4-11-10(33-20(9)36-21-17(31)15(29)13(25)12(5-27)34-21)3-8(24)19(32-11)35-18-7(23)2-6(22)14(28)16(18)30/h6-21,26-31H,2-5,22-25H2,1H3/t6-,7?,8?,9?,10+,11?,12?,13-,14?,15?,16?,17?,18-,19-,20?,21-/m1/s1. The lowest BCUT2D eigenvalue weighted by molar-refractivity contribution is -0.360. The van der Waals surface area contributed by atoms with E-state index in [1.807, 2.05) is 0 Å². The van der Waals surface area contributed by atoms with Gasteiger partial charge in [-0.05, 0) is 26.3 Å². The van der Waals surface area contributed by atoms with Gasteiger partial charge in [0.1, 0.15) is 30.5 Å². The van der Waals surface area contributed by atoms with Crippen molar-refractivity contribution in [1.29, 1.82) is 0 Å². The molecule has 16 atom stereocenters. The van der Waals surface area contributed by atoms with Crippen molar-refractivity contribution in [2.75, 3.05) is 13.7 Å². The van der Waals surface area contributed by atoms with Gasteiger partial charge in [-0.1, -0.05) is 0 Å². The minimum Gasteiger partial charge on any atom is -0.394 e. The van der Waals surface area contributed by atoms with Gasteiger partial charge in [0.25, 0.3) is 0 Å². The van der Waals surface area contributed by atoms with Crippen LogP contribution in [0.2, 0.25) is 0 Å². The van der Waals surface area contributed by atoms with Crippen LogP contribution in [0, 0.1) is 0 Å². The molecule has 0 radical (unpaired) electrons. The second-order valence-corrected chi connectivity index (χ2v) is 10.2. The van der Waals surface area contributed by atoms with E-state index in [1.54, 1.807) is 7.05 Å². The molecule has 0 aromatic carbocycles. The average molecular weight is 524 g/mol. The summed E-state index contributed by atoms with van der Waals surface area (Å²) in [6.07, 6.45) is -10.1. The first kappa shape index (κ1) is 28.4. The van der Waals surface area contributed by atoms with Crippen LogP contribution in [0.1, 0.15) is 19.3 Å². The third-order valence-corrected chi connectivity index (χ3v) is 7.66. The highest BCUT2D eigenvalue weighted by Gasteiger charge is 2.50. The molecule has 0 aromatic heterocycles. The normalized spacial score (nSPS) is 54.2. The maximum atomic E-state index is 10.4. The number of ether oxygens (including phenoxy) is 5. The highest BCUT2D eigenvalue weighted by atomic mass is 16.8. The van der Waals surface area contributed by atoms with Crippen molar-refractivity contribution in [2.24, 2.45) is 22.9 Å². The molecule has 15 nitrogen and oxygen atoms in total. The van der Waals surface area contributed by atoms with Crippen molar-refractivity contribution in [2.45, 2.75) is 117 Å². The number of nitrogens with two attached hydrogens (primary N) is 4. The van der Waals surface area contributed by atoms with Crippen molar-refractivity contribution in [3.05, 3.63) is 0 Å². The summed E-state index contributed by atoms with van der Waals surface area (Å²) in [5.41, 5.74) is 24.1. The summed E-state index contributed by atoms with van der Waals surface area (Å²) in [6.45, 7) is -0.455. The lowest BCUT2D eigenvalue weighted by Crippen LogP contribution is -2.66. The zero-order valence-corrected chi connectivity index (χ0v) is 20.2. The predicted octanol–water partition coefficient (Wildman–Crippen LogP) is -5.92. The van der Waals surface area contributed by atoms with Gasteiger partial charge in [0.15, 0.2) is 18.9 Å². The van der Waals surface area contributed by atoms with Crippen LogP contribution >= 0.6 is 0 Å². The minimum atomic E-state index is -1.45. The van der Waals surface area contributed by atoms with E-state index in [4.69, 9.17) is 46.6 Å². The van der Waals surface area contributed by atoms with E-state index in [2.05, 4.69) is 5.32 Å². The zero-order chi connectivity index (χ0) is 26.3. The van der Waals surface area contributed by atoms with Gasteiger partial charge in [0, 0.05) is 12.1 Å². The molecule has 3 saturated heterocycles. The Hall–Kier alpha value is -0.600. The largest absolute Gasteiger partial charge is 0.394 e. The maximum absolute atomic E-state index is 10.4. The summed E-state index contributed by atoms with van der Waals surface area (Å²) in [6, 6.07) is -3.28. The van der Waals surface area contributed by atoms with Crippen LogP contribution in [0.5, 0.6) is 0 Å². The molecule has 1 aliphatic carbocycles. The first-order valence-electron chi connectivity index (χ1n) is 12.4. The van der Waals surface area contributed by atoms with E-state index in [0.717, 1.165) is 0 Å². The van der Waals surface area contributed by atoms with E-state index in [1.165, 1.54) is 0 Å². The number of aliphatic hydroxyl groups excluding tert-OH is 5. The molecule has 0 aromatic rings. The lowest BCUT2D eigenvalue weighted by Gasteiger charge is -2.49. The van der Waals surface area contributed by atoms with Gasteiger partial charge in [-0.2, -0.15) is 0 Å². The highest BCUT2D eigenvalue weighted by Crippen LogP contribution is 2.35. The Morgan fingerprint density at radius 1 is 0.722 bits per heavy atom. The van der Waals surface area contributed by atoms with E-state index >= 15 is 0 Å². The molecule has 4 rings (SSSR count). The summed E-state index contributed by atoms with van der Waals surface area (Å²) in [7, 11) is 1.70. The monoisotopic (exact) mass is 523 g/mol. The molecule has 4 fully saturated rings. The van der Waals surface area contributed by atoms with Gasteiger partial charge >= 0.3 is 0 Å². The highest BCUT2D eigenvalue weighted by molar-refractivity contribution is 4.99. The van der Waals surface area contributed by atoms with Crippen LogP contribution in [-0.2, 0) is 23.7 Å². The topological polar surface area (TPSA) is 263 Å². The van der Waals surface area contributed by atoms with Crippen molar-refractivity contribution in [1.82, 2.24) is 5.32 Å². The molecular weight excluding hydrogens is 482 g/mol. The Labute approximate surface area is 208 Å². The SMILES string of the molecule is CNC1CC2O[C@H](O[C@@H]3C(N)C[C@@H](N)C(O)C3O)C(N)C[C@@H]2OC1O[C@H]1OC(CO)[C@@H](N)C(O)C1O. The fourth-order valence-electron chi connectivity index (χ4n) is 5.37. The van der Waals surface area contributed by atoms with Crippen molar-refractivity contribution in [3.8, 4) is 0 Å². The Balaban J connectivity index is 1.39. The first-order valence-corrected chi connectivity index (χ1v) is 12.4. The van der Waals surface area contributed by atoms with Crippen molar-refractivity contribution >= 4 is 0 Å². The number of fused-ring (bicyclic) bond motifs is 1. The molecule has 1 saturated carbocycles. The zero-order valence-electron chi connectivity index (χ0n) is 20.2. The summed E-state index contributed by atoms with van der Waals surface area (Å²) >= 11 is 0. The van der Waals surface area contributed by atoms with Crippen LogP contribution in [0.15, 0.2) is 0 Å². The molecule has 15 heteroatoms. The van der Waals surface area contributed by atoms with Crippen LogP contribution < -0.4 is 28.3 Å². The van der Waals surface area contributed by atoms with E-state index in [0.29, 0.717) is 12.8 Å². The second kappa shape index (κ2) is 11.6. The van der Waals surface area contributed by atoms with Gasteiger partial charge in [-0.25, -0.2) is 0 Å². The Morgan fingerprint density at radius 2 is 1.39 bits per heavy atom. The third kappa shape index (κ3) is 5.56. The van der Waals surface area contributed by atoms with Crippen LogP contribution in [0.3, 0.4) is 0 Å². The Morgan fingerprint density at radius 3 is 2.06 bits per heavy atom. The number of hydrogen-bond donors (Lipinski definition) is 10. The lowest BCUT2D eigenvalue weighted by atomic mass is 9.84. The molecule has 0 spiro atoms. The molecule has 3 heterocycles. The fourth-order valence-corrected chi connectivity index (χ4v) is 5.37. The molecule has 36 heavy (non-hydrogen) atoms. The van der Waals surface area contributed by atoms with Gasteiger partial charge in [-0.15, -0.1) is 0 Å². The van der Waals surface area contributed by atoms with Crippen LogP contribution in [0.4, 0.5) is 0 Å². The number of hydrogen-bond acceptors (Lipinski definition) is 15. The van der Waals surface area contributed by atoms with Gasteiger partial charge in [0.05, 0.1) is 43.0 Å². The second-order valence-electron chi connectivity index (χ2n) is 10.2. The van der Waals surface area contributed by atoms with Gasteiger partial charge in [-0.3, -0.25) is 0 Å². The summed E-state index contributed by atoms with van der Waals surface area (Å²) < 4.78 is 29.6. The molecule has 0 bridgehead atoms.